The van der Waals surface area contributed by atoms with E-state index in [0.29, 0.717) is 0 Å². The van der Waals surface area contributed by atoms with Gasteiger partial charge in [0.1, 0.15) is 5.82 Å². The minimum atomic E-state index is -0.171. The van der Waals surface area contributed by atoms with Crippen LogP contribution in [0.4, 0.5) is 4.39 Å². The average Bonchev–Trinajstić information content (AvgIpc) is 2.46. The van der Waals surface area contributed by atoms with E-state index in [2.05, 4.69) is 21.9 Å². The molecule has 0 unspecified atom stereocenters. The summed E-state index contributed by atoms with van der Waals surface area (Å²) < 4.78 is 13.1. The van der Waals surface area contributed by atoms with Crippen LogP contribution in [0.2, 0.25) is 0 Å². The number of thioether (sulfide) groups is 1. The predicted octanol–water partition coefficient (Wildman–Crippen LogP) is 2.78. The van der Waals surface area contributed by atoms with E-state index in [-0.39, 0.29) is 11.2 Å². The molecule has 116 valence electrons. The molecule has 1 aliphatic rings. The zero-order valence-corrected chi connectivity index (χ0v) is 13.6. The van der Waals surface area contributed by atoms with Gasteiger partial charge in [-0.2, -0.15) is 11.8 Å². The molecule has 0 aromatic heterocycles. The molecule has 0 bridgehead atoms. The molecular formula is C16H24FN3S. The van der Waals surface area contributed by atoms with Crippen LogP contribution in [0.1, 0.15) is 24.8 Å². The summed E-state index contributed by atoms with van der Waals surface area (Å²) in [5.74, 6) is 1.73. The zero-order chi connectivity index (χ0) is 15.1. The third-order valence-electron chi connectivity index (χ3n) is 4.18. The van der Waals surface area contributed by atoms with Gasteiger partial charge in [0.25, 0.3) is 0 Å². The number of nitrogens with one attached hydrogen (secondary N) is 2. The topological polar surface area (TPSA) is 36.4 Å². The first kappa shape index (κ1) is 16.1. The lowest BCUT2D eigenvalue weighted by Crippen LogP contribution is -2.49. The normalized spacial score (nSPS) is 17.2. The van der Waals surface area contributed by atoms with Crippen molar-refractivity contribution in [2.45, 2.75) is 24.7 Å². The molecule has 1 aromatic carbocycles. The van der Waals surface area contributed by atoms with Crippen LogP contribution in [0, 0.1) is 5.82 Å². The number of nitrogens with zero attached hydrogens (tertiary/aromatic N) is 1. The van der Waals surface area contributed by atoms with Crippen molar-refractivity contribution in [1.82, 2.24) is 10.6 Å². The molecule has 3 nitrogen and oxygen atoms in total. The van der Waals surface area contributed by atoms with Gasteiger partial charge in [-0.1, -0.05) is 18.6 Å². The molecule has 0 heterocycles. The molecule has 0 spiro atoms. The van der Waals surface area contributed by atoms with Gasteiger partial charge in [-0.3, -0.25) is 4.99 Å². The highest BCUT2D eigenvalue weighted by atomic mass is 32.2. The van der Waals surface area contributed by atoms with Crippen molar-refractivity contribution in [3.8, 4) is 0 Å². The Morgan fingerprint density at radius 1 is 1.29 bits per heavy atom. The van der Waals surface area contributed by atoms with Crippen molar-refractivity contribution in [3.63, 3.8) is 0 Å². The van der Waals surface area contributed by atoms with Crippen molar-refractivity contribution < 1.29 is 4.39 Å². The lowest BCUT2D eigenvalue weighted by Gasteiger charge is -2.43. The van der Waals surface area contributed by atoms with Gasteiger partial charge in [0, 0.05) is 31.3 Å². The van der Waals surface area contributed by atoms with Crippen molar-refractivity contribution in [1.29, 1.82) is 0 Å². The third kappa shape index (κ3) is 4.13. The van der Waals surface area contributed by atoms with Gasteiger partial charge in [-0.15, -0.1) is 0 Å². The van der Waals surface area contributed by atoms with Crippen molar-refractivity contribution in [3.05, 3.63) is 35.6 Å². The molecule has 1 saturated carbocycles. The van der Waals surface area contributed by atoms with Gasteiger partial charge < -0.3 is 10.6 Å². The van der Waals surface area contributed by atoms with Gasteiger partial charge in [-0.05, 0) is 36.8 Å². The molecule has 5 heteroatoms. The predicted molar refractivity (Wildman–Crippen MR) is 89.7 cm³/mol. The van der Waals surface area contributed by atoms with E-state index in [9.17, 15) is 4.39 Å². The minimum absolute atomic E-state index is 0.130. The number of benzene rings is 1. The Hall–Kier alpha value is -1.23. The number of guanidine groups is 1. The lowest BCUT2D eigenvalue weighted by molar-refractivity contribution is 0.243. The van der Waals surface area contributed by atoms with Gasteiger partial charge in [0.2, 0.25) is 0 Å². The van der Waals surface area contributed by atoms with E-state index >= 15 is 0 Å². The van der Waals surface area contributed by atoms with Crippen LogP contribution in [-0.2, 0) is 5.41 Å². The molecule has 0 saturated heterocycles. The van der Waals surface area contributed by atoms with Crippen molar-refractivity contribution >= 4 is 17.7 Å². The van der Waals surface area contributed by atoms with Crippen molar-refractivity contribution in [2.75, 3.05) is 32.1 Å². The number of hydrogen-bond acceptors (Lipinski definition) is 2. The van der Waals surface area contributed by atoms with Crippen LogP contribution in [0.5, 0.6) is 0 Å². The second kappa shape index (κ2) is 7.69. The summed E-state index contributed by atoms with van der Waals surface area (Å²) in [6, 6.07) is 6.95. The van der Waals surface area contributed by atoms with E-state index in [1.54, 1.807) is 19.2 Å². The summed E-state index contributed by atoms with van der Waals surface area (Å²) in [5.41, 5.74) is 1.35. The molecular weight excluding hydrogens is 285 g/mol. The SMILES string of the molecule is CN=C(NCCSC)NCC1(c2ccc(F)cc2)CCC1. The van der Waals surface area contributed by atoms with Crippen LogP contribution in [0.25, 0.3) is 0 Å². The number of aliphatic imine (C=N–C) groups is 1. The van der Waals surface area contributed by atoms with E-state index in [0.717, 1.165) is 37.6 Å². The van der Waals surface area contributed by atoms with E-state index in [1.165, 1.54) is 12.0 Å². The van der Waals surface area contributed by atoms with E-state index in [4.69, 9.17) is 0 Å². The Labute approximate surface area is 130 Å². The second-order valence-corrected chi connectivity index (χ2v) is 6.47. The molecule has 1 aliphatic carbocycles. The fourth-order valence-electron chi connectivity index (χ4n) is 2.72. The molecule has 2 N–H and O–H groups in total. The summed E-state index contributed by atoms with van der Waals surface area (Å²) in [5, 5.41) is 6.73. The van der Waals surface area contributed by atoms with Crippen molar-refractivity contribution in [2.24, 2.45) is 4.99 Å². The Balaban J connectivity index is 1.94. The molecule has 2 rings (SSSR count). The van der Waals surface area contributed by atoms with Crippen LogP contribution in [0.3, 0.4) is 0 Å². The molecule has 0 aliphatic heterocycles. The average molecular weight is 309 g/mol. The van der Waals surface area contributed by atoms with E-state index < -0.39 is 0 Å². The largest absolute Gasteiger partial charge is 0.356 e. The number of halogens is 1. The highest BCUT2D eigenvalue weighted by Gasteiger charge is 2.38. The summed E-state index contributed by atoms with van der Waals surface area (Å²) in [6.45, 7) is 1.75. The van der Waals surface area contributed by atoms with Gasteiger partial charge in [0.15, 0.2) is 5.96 Å². The molecule has 0 radical (unpaired) electrons. The standard InChI is InChI=1S/C16H24FN3S/c1-18-15(19-10-11-21-2)20-12-16(8-3-9-16)13-4-6-14(17)7-5-13/h4-7H,3,8-12H2,1-2H3,(H2,18,19,20). The molecule has 0 amide bonds. The second-order valence-electron chi connectivity index (χ2n) is 5.49. The fourth-order valence-corrected chi connectivity index (χ4v) is 3.03. The maximum Gasteiger partial charge on any atom is 0.191 e. The minimum Gasteiger partial charge on any atom is -0.356 e. The summed E-state index contributed by atoms with van der Waals surface area (Å²) in [4.78, 5) is 4.25. The monoisotopic (exact) mass is 309 g/mol. The molecule has 1 fully saturated rings. The third-order valence-corrected chi connectivity index (χ3v) is 4.80. The van der Waals surface area contributed by atoms with E-state index in [1.807, 2.05) is 23.9 Å². The van der Waals surface area contributed by atoms with Gasteiger partial charge in [0.05, 0.1) is 0 Å². The Morgan fingerprint density at radius 2 is 2.00 bits per heavy atom. The fraction of sp³-hybridized carbons (Fsp3) is 0.562. The first-order valence-corrected chi connectivity index (χ1v) is 8.79. The van der Waals surface area contributed by atoms with Crippen LogP contribution >= 0.6 is 11.8 Å². The summed E-state index contributed by atoms with van der Waals surface area (Å²) in [7, 11) is 1.79. The Bertz CT molecular complexity index is 469. The molecule has 0 atom stereocenters. The van der Waals surface area contributed by atoms with Gasteiger partial charge >= 0.3 is 0 Å². The highest BCUT2D eigenvalue weighted by molar-refractivity contribution is 7.98. The molecule has 21 heavy (non-hydrogen) atoms. The quantitative estimate of drug-likeness (QED) is 0.482. The maximum atomic E-state index is 13.1. The smallest absolute Gasteiger partial charge is 0.191 e. The highest BCUT2D eigenvalue weighted by Crippen LogP contribution is 2.43. The Morgan fingerprint density at radius 3 is 2.52 bits per heavy atom. The van der Waals surface area contributed by atoms with Crippen LogP contribution in [-0.4, -0.2) is 38.1 Å². The number of hydrogen-bond donors (Lipinski definition) is 2. The maximum absolute atomic E-state index is 13.1. The molecule has 1 aromatic rings. The Kier molecular flexibility index (Phi) is 5.91. The zero-order valence-electron chi connectivity index (χ0n) is 12.8. The summed E-state index contributed by atoms with van der Waals surface area (Å²) in [6.07, 6.45) is 5.62. The number of rotatable bonds is 6. The first-order chi connectivity index (χ1) is 10.2. The van der Waals surface area contributed by atoms with Crippen LogP contribution in [0.15, 0.2) is 29.3 Å². The van der Waals surface area contributed by atoms with Crippen LogP contribution < -0.4 is 10.6 Å². The first-order valence-electron chi connectivity index (χ1n) is 7.40. The lowest BCUT2D eigenvalue weighted by atomic mass is 9.64. The summed E-state index contributed by atoms with van der Waals surface area (Å²) >= 11 is 1.81. The van der Waals surface area contributed by atoms with Gasteiger partial charge in [-0.25, -0.2) is 4.39 Å².